The van der Waals surface area contributed by atoms with Crippen LogP contribution in [0.25, 0.3) is 0 Å². The lowest BCUT2D eigenvalue weighted by atomic mass is 9.79. The molecule has 3 heteroatoms. The van der Waals surface area contributed by atoms with Crippen molar-refractivity contribution >= 4 is 11.8 Å². The summed E-state index contributed by atoms with van der Waals surface area (Å²) in [5, 5.41) is 3.62. The second kappa shape index (κ2) is 8.44. The van der Waals surface area contributed by atoms with Gasteiger partial charge in [0, 0.05) is 11.6 Å². The fraction of sp³-hybridized carbons (Fsp3) is 1.00. The minimum atomic E-state index is 0.436. The molecule has 0 amide bonds. The van der Waals surface area contributed by atoms with Crippen LogP contribution in [0.4, 0.5) is 0 Å². The van der Waals surface area contributed by atoms with Crippen molar-refractivity contribution in [3.8, 4) is 0 Å². The van der Waals surface area contributed by atoms with Crippen molar-refractivity contribution in [1.29, 1.82) is 0 Å². The van der Waals surface area contributed by atoms with Crippen LogP contribution in [0.2, 0.25) is 0 Å². The summed E-state index contributed by atoms with van der Waals surface area (Å²) < 4.78 is 0. The second-order valence-corrected chi connectivity index (χ2v) is 6.94. The zero-order valence-corrected chi connectivity index (χ0v) is 13.6. The summed E-state index contributed by atoms with van der Waals surface area (Å²) in [5.41, 5.74) is 0.436. The zero-order valence-electron chi connectivity index (χ0n) is 12.8. The molecule has 1 N–H and O–H groups in total. The Hall–Kier alpha value is 0.270. The second-order valence-electron chi connectivity index (χ2n) is 5.95. The zero-order chi connectivity index (χ0) is 13.4. The van der Waals surface area contributed by atoms with E-state index < -0.39 is 0 Å². The van der Waals surface area contributed by atoms with Crippen LogP contribution in [-0.4, -0.2) is 49.1 Å². The standard InChI is InChI=1S/C15H32N2S/c1-14(8-13-18-4)17(3)12-11-15(16-2)9-6-5-7-10-15/h14,16H,5-13H2,1-4H3. The van der Waals surface area contributed by atoms with E-state index >= 15 is 0 Å². The Morgan fingerprint density at radius 3 is 2.50 bits per heavy atom. The third-order valence-electron chi connectivity index (χ3n) is 4.78. The summed E-state index contributed by atoms with van der Waals surface area (Å²) in [6.07, 6.45) is 11.8. The van der Waals surface area contributed by atoms with Gasteiger partial charge in [-0.15, -0.1) is 0 Å². The molecule has 1 unspecified atom stereocenters. The van der Waals surface area contributed by atoms with Crippen molar-refractivity contribution in [3.63, 3.8) is 0 Å². The van der Waals surface area contributed by atoms with E-state index in [0.717, 1.165) is 6.04 Å². The van der Waals surface area contributed by atoms with Gasteiger partial charge in [0.15, 0.2) is 0 Å². The highest BCUT2D eigenvalue weighted by Crippen LogP contribution is 2.30. The van der Waals surface area contributed by atoms with Crippen LogP contribution in [-0.2, 0) is 0 Å². The molecule has 18 heavy (non-hydrogen) atoms. The highest BCUT2D eigenvalue weighted by molar-refractivity contribution is 7.98. The molecule has 1 fully saturated rings. The normalized spacial score (nSPS) is 21.2. The highest BCUT2D eigenvalue weighted by atomic mass is 32.2. The average Bonchev–Trinajstić information content (AvgIpc) is 2.43. The fourth-order valence-corrected chi connectivity index (χ4v) is 3.55. The number of nitrogens with zero attached hydrogens (tertiary/aromatic N) is 1. The Morgan fingerprint density at radius 2 is 1.94 bits per heavy atom. The molecule has 0 aliphatic heterocycles. The third-order valence-corrected chi connectivity index (χ3v) is 5.42. The van der Waals surface area contributed by atoms with Crippen molar-refractivity contribution in [2.24, 2.45) is 0 Å². The molecule has 0 aromatic heterocycles. The molecule has 0 aromatic rings. The van der Waals surface area contributed by atoms with E-state index in [1.807, 2.05) is 11.8 Å². The molecule has 0 spiro atoms. The van der Waals surface area contributed by atoms with Gasteiger partial charge in [-0.3, -0.25) is 0 Å². The number of hydrogen-bond donors (Lipinski definition) is 1. The van der Waals surface area contributed by atoms with Crippen molar-refractivity contribution in [2.75, 3.05) is 32.6 Å². The molecule has 0 radical (unpaired) electrons. The Bertz CT molecular complexity index is 215. The lowest BCUT2D eigenvalue weighted by Crippen LogP contribution is -2.47. The van der Waals surface area contributed by atoms with Gasteiger partial charge in [0.05, 0.1) is 0 Å². The molecule has 1 aliphatic rings. The van der Waals surface area contributed by atoms with Crippen molar-refractivity contribution < 1.29 is 0 Å². The Kier molecular flexibility index (Phi) is 7.66. The molecule has 0 saturated heterocycles. The molecule has 108 valence electrons. The molecular weight excluding hydrogens is 240 g/mol. The van der Waals surface area contributed by atoms with Gasteiger partial charge in [0.25, 0.3) is 0 Å². The van der Waals surface area contributed by atoms with Gasteiger partial charge in [-0.05, 0) is 65.3 Å². The predicted octanol–water partition coefficient (Wildman–Crippen LogP) is 3.37. The highest BCUT2D eigenvalue weighted by Gasteiger charge is 2.30. The van der Waals surface area contributed by atoms with Crippen molar-refractivity contribution in [3.05, 3.63) is 0 Å². The van der Waals surface area contributed by atoms with Gasteiger partial charge in [-0.2, -0.15) is 11.8 Å². The van der Waals surface area contributed by atoms with E-state index in [1.54, 1.807) is 0 Å². The predicted molar refractivity (Wildman–Crippen MR) is 84.6 cm³/mol. The first kappa shape index (κ1) is 16.3. The Morgan fingerprint density at radius 1 is 1.28 bits per heavy atom. The van der Waals surface area contributed by atoms with Crippen molar-refractivity contribution in [1.82, 2.24) is 10.2 Å². The number of rotatable bonds is 8. The maximum Gasteiger partial charge on any atom is 0.0190 e. The van der Waals surface area contributed by atoms with Crippen LogP contribution < -0.4 is 5.32 Å². The van der Waals surface area contributed by atoms with E-state index in [1.165, 1.54) is 57.2 Å². The van der Waals surface area contributed by atoms with E-state index in [-0.39, 0.29) is 0 Å². The van der Waals surface area contributed by atoms with E-state index in [9.17, 15) is 0 Å². The molecule has 0 bridgehead atoms. The van der Waals surface area contributed by atoms with Crippen LogP contribution in [0.3, 0.4) is 0 Å². The quantitative estimate of drug-likeness (QED) is 0.729. The van der Waals surface area contributed by atoms with E-state index in [4.69, 9.17) is 0 Å². The maximum atomic E-state index is 3.62. The number of hydrogen-bond acceptors (Lipinski definition) is 3. The molecule has 1 rings (SSSR count). The summed E-state index contributed by atoms with van der Waals surface area (Å²) in [6.45, 7) is 3.60. The molecule has 0 aromatic carbocycles. The summed E-state index contributed by atoms with van der Waals surface area (Å²) in [4.78, 5) is 2.55. The summed E-state index contributed by atoms with van der Waals surface area (Å²) in [5.74, 6) is 1.28. The topological polar surface area (TPSA) is 15.3 Å². The van der Waals surface area contributed by atoms with E-state index in [2.05, 4.69) is 37.5 Å². The first-order valence-corrected chi connectivity index (χ1v) is 8.91. The largest absolute Gasteiger partial charge is 0.314 e. The first-order valence-electron chi connectivity index (χ1n) is 7.51. The smallest absolute Gasteiger partial charge is 0.0190 e. The van der Waals surface area contributed by atoms with Crippen LogP contribution in [0.5, 0.6) is 0 Å². The molecule has 1 atom stereocenters. The van der Waals surface area contributed by atoms with Gasteiger partial charge in [-0.1, -0.05) is 19.3 Å². The summed E-state index contributed by atoms with van der Waals surface area (Å²) in [6, 6.07) is 0.718. The minimum Gasteiger partial charge on any atom is -0.314 e. The third kappa shape index (κ3) is 5.10. The minimum absolute atomic E-state index is 0.436. The molecule has 2 nitrogen and oxygen atoms in total. The fourth-order valence-electron chi connectivity index (χ4n) is 2.97. The molecule has 1 aliphatic carbocycles. The molecule has 0 heterocycles. The number of thioether (sulfide) groups is 1. The first-order chi connectivity index (χ1) is 8.63. The van der Waals surface area contributed by atoms with Gasteiger partial charge in [-0.25, -0.2) is 0 Å². The van der Waals surface area contributed by atoms with Crippen molar-refractivity contribution in [2.45, 2.75) is 63.5 Å². The summed E-state index contributed by atoms with van der Waals surface area (Å²) in [7, 11) is 4.44. The lowest BCUT2D eigenvalue weighted by Gasteiger charge is -2.39. The van der Waals surface area contributed by atoms with Crippen LogP contribution in [0, 0.1) is 0 Å². The Labute approximate surface area is 118 Å². The van der Waals surface area contributed by atoms with Gasteiger partial charge in [0.1, 0.15) is 0 Å². The number of nitrogens with one attached hydrogen (secondary N) is 1. The van der Waals surface area contributed by atoms with E-state index in [0.29, 0.717) is 5.54 Å². The summed E-state index contributed by atoms with van der Waals surface area (Å²) >= 11 is 1.96. The van der Waals surface area contributed by atoms with Gasteiger partial charge < -0.3 is 10.2 Å². The van der Waals surface area contributed by atoms with Crippen LogP contribution in [0.15, 0.2) is 0 Å². The monoisotopic (exact) mass is 272 g/mol. The van der Waals surface area contributed by atoms with Crippen LogP contribution >= 0.6 is 11.8 Å². The SMILES string of the molecule is CNC1(CCN(C)C(C)CCSC)CCCCC1. The molecular formula is C15H32N2S. The lowest BCUT2D eigenvalue weighted by molar-refractivity contribution is 0.175. The maximum absolute atomic E-state index is 3.62. The Balaban J connectivity index is 2.32. The molecule has 1 saturated carbocycles. The van der Waals surface area contributed by atoms with Gasteiger partial charge in [0.2, 0.25) is 0 Å². The van der Waals surface area contributed by atoms with Gasteiger partial charge >= 0.3 is 0 Å². The van der Waals surface area contributed by atoms with Crippen LogP contribution in [0.1, 0.15) is 51.9 Å². The average molecular weight is 273 g/mol.